The largest absolute Gasteiger partial charge is 0.454 e. The van der Waals surface area contributed by atoms with Crippen LogP contribution < -0.4 is 14.8 Å². The standard InChI is InChI=1S/C23H22N2O4S2/c26-21(24-17-10-11-18-19(14-17)29-15-28-18)9-5-2-6-12-25-22(27)20(31-23(25)30)13-16-7-3-1-4-8-16/h1,3-4,7-8,10-11,13-14H,2,5-6,9,12,15H2,(H,24,26)/b20-13-. The normalized spacial score (nSPS) is 16.3. The molecule has 4 rings (SSSR count). The van der Waals surface area contributed by atoms with Gasteiger partial charge < -0.3 is 14.8 Å². The van der Waals surface area contributed by atoms with Crippen LogP contribution in [-0.2, 0) is 9.59 Å². The molecule has 0 spiro atoms. The molecular weight excluding hydrogens is 432 g/mol. The second-order valence-corrected chi connectivity index (χ2v) is 8.85. The van der Waals surface area contributed by atoms with Crippen LogP contribution in [0.15, 0.2) is 53.4 Å². The summed E-state index contributed by atoms with van der Waals surface area (Å²) in [6.07, 6.45) is 4.66. The first-order valence-electron chi connectivity index (χ1n) is 10.1. The molecule has 1 N–H and O–H groups in total. The number of hydrogen-bond acceptors (Lipinski definition) is 6. The molecule has 0 aromatic heterocycles. The number of nitrogens with zero attached hydrogens (tertiary/aromatic N) is 1. The summed E-state index contributed by atoms with van der Waals surface area (Å²) < 4.78 is 11.2. The van der Waals surface area contributed by atoms with Gasteiger partial charge >= 0.3 is 0 Å². The molecule has 1 saturated heterocycles. The van der Waals surface area contributed by atoms with Crippen molar-refractivity contribution in [3.63, 3.8) is 0 Å². The number of benzene rings is 2. The Balaban J connectivity index is 1.18. The minimum absolute atomic E-state index is 0.0422. The Bertz CT molecular complexity index is 1020. The SMILES string of the molecule is O=C(CCCCCN1C(=O)/C(=C/c2ccccc2)SC1=S)Nc1ccc2c(c1)OCO2. The number of anilines is 1. The quantitative estimate of drug-likeness (QED) is 0.351. The van der Waals surface area contributed by atoms with E-state index < -0.39 is 0 Å². The van der Waals surface area contributed by atoms with Crippen LogP contribution in [-0.4, -0.2) is 34.4 Å². The monoisotopic (exact) mass is 454 g/mol. The Labute approximate surface area is 190 Å². The zero-order valence-electron chi connectivity index (χ0n) is 16.8. The van der Waals surface area contributed by atoms with Crippen molar-refractivity contribution in [3.05, 3.63) is 59.0 Å². The van der Waals surface area contributed by atoms with Crippen molar-refractivity contribution in [2.75, 3.05) is 18.7 Å². The van der Waals surface area contributed by atoms with Crippen molar-refractivity contribution in [1.29, 1.82) is 0 Å². The number of amides is 2. The summed E-state index contributed by atoms with van der Waals surface area (Å²) in [6, 6.07) is 15.1. The molecule has 0 unspecified atom stereocenters. The molecule has 2 aromatic carbocycles. The van der Waals surface area contributed by atoms with E-state index in [1.165, 1.54) is 11.8 Å². The van der Waals surface area contributed by atoms with Crippen LogP contribution in [0.3, 0.4) is 0 Å². The number of thiocarbonyl (C=S) groups is 1. The number of rotatable bonds is 8. The van der Waals surface area contributed by atoms with Crippen LogP contribution >= 0.6 is 24.0 Å². The Morgan fingerprint density at radius 1 is 1.10 bits per heavy atom. The van der Waals surface area contributed by atoms with E-state index >= 15 is 0 Å². The van der Waals surface area contributed by atoms with E-state index in [1.54, 1.807) is 23.1 Å². The highest BCUT2D eigenvalue weighted by molar-refractivity contribution is 8.26. The first-order chi connectivity index (χ1) is 15.1. The summed E-state index contributed by atoms with van der Waals surface area (Å²) in [4.78, 5) is 27.1. The van der Waals surface area contributed by atoms with Crippen molar-refractivity contribution in [2.45, 2.75) is 25.7 Å². The molecule has 8 heteroatoms. The zero-order valence-corrected chi connectivity index (χ0v) is 18.5. The molecule has 0 bridgehead atoms. The third-order valence-electron chi connectivity index (χ3n) is 4.91. The summed E-state index contributed by atoms with van der Waals surface area (Å²) in [5.74, 6) is 1.24. The summed E-state index contributed by atoms with van der Waals surface area (Å²) in [5.41, 5.74) is 1.67. The maximum Gasteiger partial charge on any atom is 0.266 e. The van der Waals surface area contributed by atoms with Gasteiger partial charge in [0.25, 0.3) is 5.91 Å². The molecule has 2 amide bonds. The fourth-order valence-corrected chi connectivity index (χ4v) is 4.63. The third-order valence-corrected chi connectivity index (χ3v) is 6.29. The number of carbonyl (C=O) groups excluding carboxylic acids is 2. The molecule has 1 fully saturated rings. The number of hydrogen-bond donors (Lipinski definition) is 1. The second-order valence-electron chi connectivity index (χ2n) is 7.17. The van der Waals surface area contributed by atoms with Crippen molar-refractivity contribution < 1.29 is 19.1 Å². The number of fused-ring (bicyclic) bond motifs is 1. The molecule has 160 valence electrons. The molecule has 0 saturated carbocycles. The van der Waals surface area contributed by atoms with E-state index in [4.69, 9.17) is 21.7 Å². The van der Waals surface area contributed by atoms with E-state index in [0.717, 1.165) is 24.8 Å². The van der Waals surface area contributed by atoms with Crippen LogP contribution in [0.5, 0.6) is 11.5 Å². The molecule has 2 aromatic rings. The van der Waals surface area contributed by atoms with Gasteiger partial charge in [-0.25, -0.2) is 0 Å². The summed E-state index contributed by atoms with van der Waals surface area (Å²) >= 11 is 6.72. The van der Waals surface area contributed by atoms with Crippen molar-refractivity contribution in [1.82, 2.24) is 4.90 Å². The molecule has 2 aliphatic rings. The molecule has 2 aliphatic heterocycles. The van der Waals surface area contributed by atoms with E-state index in [1.807, 2.05) is 36.4 Å². The minimum Gasteiger partial charge on any atom is -0.454 e. The van der Waals surface area contributed by atoms with E-state index in [0.29, 0.717) is 39.4 Å². The average molecular weight is 455 g/mol. The van der Waals surface area contributed by atoms with Gasteiger partial charge in [0, 0.05) is 24.7 Å². The maximum atomic E-state index is 12.6. The summed E-state index contributed by atoms with van der Waals surface area (Å²) in [6.45, 7) is 0.776. The highest BCUT2D eigenvalue weighted by atomic mass is 32.2. The minimum atomic E-state index is -0.0460. The summed E-state index contributed by atoms with van der Waals surface area (Å²) in [5, 5.41) is 2.88. The van der Waals surface area contributed by atoms with E-state index in [-0.39, 0.29) is 18.6 Å². The predicted molar refractivity (Wildman–Crippen MR) is 126 cm³/mol. The molecule has 0 radical (unpaired) electrons. The van der Waals surface area contributed by atoms with Crippen LogP contribution in [0.2, 0.25) is 0 Å². The predicted octanol–water partition coefficient (Wildman–Crippen LogP) is 4.82. The molecule has 0 aliphatic carbocycles. The van der Waals surface area contributed by atoms with Crippen LogP contribution in [0.25, 0.3) is 6.08 Å². The van der Waals surface area contributed by atoms with Crippen molar-refractivity contribution in [3.8, 4) is 11.5 Å². The summed E-state index contributed by atoms with van der Waals surface area (Å²) in [7, 11) is 0. The van der Waals surface area contributed by atoms with Crippen LogP contribution in [0, 0.1) is 0 Å². The highest BCUT2D eigenvalue weighted by Crippen LogP contribution is 2.34. The Kier molecular flexibility index (Phi) is 6.89. The first kappa shape index (κ1) is 21.4. The fraction of sp³-hybridized carbons (Fsp3) is 0.261. The van der Waals surface area contributed by atoms with E-state index in [2.05, 4.69) is 5.32 Å². The number of nitrogens with one attached hydrogen (secondary N) is 1. The van der Waals surface area contributed by atoms with Gasteiger partial charge in [0.2, 0.25) is 12.7 Å². The van der Waals surface area contributed by atoms with Gasteiger partial charge in [-0.15, -0.1) is 0 Å². The lowest BCUT2D eigenvalue weighted by molar-refractivity contribution is -0.122. The Morgan fingerprint density at radius 2 is 1.90 bits per heavy atom. The fourth-order valence-electron chi connectivity index (χ4n) is 3.32. The number of carbonyl (C=O) groups is 2. The first-order valence-corrected chi connectivity index (χ1v) is 11.3. The zero-order chi connectivity index (χ0) is 21.6. The van der Waals surface area contributed by atoms with Gasteiger partial charge in [0.05, 0.1) is 4.91 Å². The van der Waals surface area contributed by atoms with Crippen LogP contribution in [0.4, 0.5) is 5.69 Å². The van der Waals surface area contributed by atoms with Gasteiger partial charge in [-0.1, -0.05) is 60.7 Å². The Morgan fingerprint density at radius 3 is 2.74 bits per heavy atom. The topological polar surface area (TPSA) is 67.9 Å². The van der Waals surface area contributed by atoms with E-state index in [9.17, 15) is 9.59 Å². The second kappa shape index (κ2) is 9.98. The molecule has 6 nitrogen and oxygen atoms in total. The van der Waals surface area contributed by atoms with Gasteiger partial charge in [-0.05, 0) is 36.6 Å². The van der Waals surface area contributed by atoms with Crippen molar-refractivity contribution in [2.24, 2.45) is 0 Å². The highest BCUT2D eigenvalue weighted by Gasteiger charge is 2.31. The van der Waals surface area contributed by atoms with Gasteiger partial charge in [0.1, 0.15) is 4.32 Å². The smallest absolute Gasteiger partial charge is 0.266 e. The maximum absolute atomic E-state index is 12.6. The Hall–Kier alpha value is -2.84. The van der Waals surface area contributed by atoms with Gasteiger partial charge in [-0.3, -0.25) is 14.5 Å². The lowest BCUT2D eigenvalue weighted by Crippen LogP contribution is -2.29. The molecular formula is C23H22N2O4S2. The van der Waals surface area contributed by atoms with Crippen LogP contribution in [0.1, 0.15) is 31.2 Å². The van der Waals surface area contributed by atoms with Gasteiger partial charge in [-0.2, -0.15) is 0 Å². The molecule has 0 atom stereocenters. The lowest BCUT2D eigenvalue weighted by Gasteiger charge is -2.14. The average Bonchev–Trinajstić information content (AvgIpc) is 3.33. The molecule has 31 heavy (non-hydrogen) atoms. The number of ether oxygens (including phenoxy) is 2. The van der Waals surface area contributed by atoms with Gasteiger partial charge in [0.15, 0.2) is 11.5 Å². The molecule has 2 heterocycles. The number of unbranched alkanes of at least 4 members (excludes halogenated alkanes) is 2. The number of thioether (sulfide) groups is 1. The third kappa shape index (κ3) is 5.45. The van der Waals surface area contributed by atoms with Crippen molar-refractivity contribution >= 4 is 51.9 Å². The lowest BCUT2D eigenvalue weighted by atomic mass is 10.1.